The normalized spacial score (nSPS) is 12.7. The van der Waals surface area contributed by atoms with Crippen LogP contribution in [0, 0.1) is 17.9 Å². The van der Waals surface area contributed by atoms with E-state index in [1.165, 1.54) is 0 Å². The number of carbonyl (C=O) groups excluding carboxylic acids is 1. The van der Waals surface area contributed by atoms with Crippen molar-refractivity contribution in [2.75, 3.05) is 0 Å². The lowest BCUT2D eigenvalue weighted by molar-refractivity contribution is 0.0473. The first-order valence-corrected chi connectivity index (χ1v) is 9.72. The van der Waals surface area contributed by atoms with E-state index in [4.69, 9.17) is 11.3 Å². The minimum absolute atomic E-state index is 0.00863. The molecule has 0 aromatic heterocycles. The van der Waals surface area contributed by atoms with Crippen molar-refractivity contribution >= 4 is 17.1 Å². The lowest BCUT2D eigenvalue weighted by Gasteiger charge is -2.10. The van der Waals surface area contributed by atoms with Crippen LogP contribution < -0.4 is 0 Å². The fourth-order valence-electron chi connectivity index (χ4n) is 3.79. The number of hydrogen-bond donors (Lipinski definition) is 0. The highest BCUT2D eigenvalue weighted by molar-refractivity contribution is 6.10. The molecule has 4 heteroatoms. The maximum absolute atomic E-state index is 13.0. The Labute approximate surface area is 181 Å². The molecular weight excluding hydrogens is 384 g/mol. The maximum atomic E-state index is 13.0. The first kappa shape index (κ1) is 19.9. The molecule has 0 unspecified atom stereocenters. The van der Waals surface area contributed by atoms with Gasteiger partial charge in [0.25, 0.3) is 5.70 Å². The zero-order chi connectivity index (χ0) is 22.0. The molecule has 0 aliphatic heterocycles. The molecule has 0 N–H and O–H groups in total. The molecule has 0 saturated heterocycles. The van der Waals surface area contributed by atoms with Gasteiger partial charge in [-0.1, -0.05) is 72.8 Å². The zero-order valence-electron chi connectivity index (χ0n) is 17.0. The van der Waals surface area contributed by atoms with Gasteiger partial charge in [0.1, 0.15) is 6.61 Å². The molecule has 0 heterocycles. The van der Waals surface area contributed by atoms with Crippen molar-refractivity contribution in [3.8, 4) is 17.2 Å². The zero-order valence-corrected chi connectivity index (χ0v) is 17.0. The van der Waals surface area contributed by atoms with Gasteiger partial charge >= 0.3 is 5.97 Å². The van der Waals surface area contributed by atoms with Gasteiger partial charge in [0.05, 0.1) is 18.2 Å². The van der Waals surface area contributed by atoms with Crippen LogP contribution >= 0.6 is 0 Å². The molecule has 0 fully saturated rings. The summed E-state index contributed by atoms with van der Waals surface area (Å²) in [6.45, 7) is 13.4. The third-order valence-electron chi connectivity index (χ3n) is 5.29. The Balaban J connectivity index is 1.71. The van der Waals surface area contributed by atoms with Gasteiger partial charge in [-0.15, -0.1) is 0 Å². The van der Waals surface area contributed by atoms with Gasteiger partial charge in [-0.05, 0) is 40.8 Å². The van der Waals surface area contributed by atoms with E-state index in [1.54, 1.807) is 12.1 Å². The molecule has 0 spiro atoms. The van der Waals surface area contributed by atoms with Gasteiger partial charge in [-0.25, -0.2) is 14.9 Å². The van der Waals surface area contributed by atoms with Crippen molar-refractivity contribution in [1.29, 1.82) is 5.26 Å². The lowest BCUT2D eigenvalue weighted by atomic mass is 9.99. The van der Waals surface area contributed by atoms with E-state index < -0.39 is 5.97 Å². The lowest BCUT2D eigenvalue weighted by Crippen LogP contribution is -2.07. The Morgan fingerprint density at radius 2 is 1.71 bits per heavy atom. The number of esters is 1. The van der Waals surface area contributed by atoms with Crippen molar-refractivity contribution < 1.29 is 9.53 Å². The van der Waals surface area contributed by atoms with Crippen molar-refractivity contribution in [3.63, 3.8) is 0 Å². The smallest absolute Gasteiger partial charge is 0.339 e. The second-order valence-corrected chi connectivity index (χ2v) is 7.27. The molecule has 0 radical (unpaired) electrons. The van der Waals surface area contributed by atoms with Gasteiger partial charge in [0, 0.05) is 11.1 Å². The van der Waals surface area contributed by atoms with Crippen LogP contribution in [0.4, 0.5) is 0 Å². The summed E-state index contributed by atoms with van der Waals surface area (Å²) in [6, 6.07) is 22.5. The summed E-state index contributed by atoms with van der Waals surface area (Å²) in [6.07, 6.45) is 0. The molecule has 0 saturated carbocycles. The topological polar surface area (TPSA) is 54.5 Å². The number of nitriles is 1. The summed E-state index contributed by atoms with van der Waals surface area (Å²) in [7, 11) is 0. The summed E-state index contributed by atoms with van der Waals surface area (Å²) < 4.78 is 5.60. The molecular formula is C27H18N2O2. The van der Waals surface area contributed by atoms with E-state index in [-0.39, 0.29) is 12.3 Å². The monoisotopic (exact) mass is 402 g/mol. The molecule has 148 valence electrons. The van der Waals surface area contributed by atoms with Crippen molar-refractivity contribution in [2.45, 2.75) is 13.5 Å². The minimum Gasteiger partial charge on any atom is -0.457 e. The number of ether oxygens (including phenoxy) is 1. The van der Waals surface area contributed by atoms with Crippen LogP contribution in [-0.4, -0.2) is 5.97 Å². The number of fused-ring (bicyclic) bond motifs is 3. The maximum Gasteiger partial charge on any atom is 0.339 e. The minimum atomic E-state index is -0.446. The first-order valence-electron chi connectivity index (χ1n) is 9.72. The van der Waals surface area contributed by atoms with E-state index in [0.717, 1.165) is 27.8 Å². The summed E-state index contributed by atoms with van der Waals surface area (Å²) in [5.41, 5.74) is 6.89. The molecule has 3 aromatic rings. The van der Waals surface area contributed by atoms with Gasteiger partial charge in [-0.2, -0.15) is 0 Å². The molecule has 0 amide bonds. The Hall–Kier alpha value is -4.41. The largest absolute Gasteiger partial charge is 0.457 e. The SMILES string of the molecule is [C-]#[N+]/C(C#N)=C1/c2ccccc2-c2c(C(=O)OCc3ccc(C(=C)C)cc3)cccc21. The summed E-state index contributed by atoms with van der Waals surface area (Å²) in [5, 5.41) is 9.46. The highest BCUT2D eigenvalue weighted by atomic mass is 16.5. The van der Waals surface area contributed by atoms with Gasteiger partial charge in [0.15, 0.2) is 0 Å². The second kappa shape index (κ2) is 8.14. The molecule has 4 nitrogen and oxygen atoms in total. The van der Waals surface area contributed by atoms with Crippen LogP contribution in [0.1, 0.15) is 39.5 Å². The Kier molecular flexibility index (Phi) is 5.22. The Morgan fingerprint density at radius 1 is 1.03 bits per heavy atom. The standard InChI is InChI=1S/C27H18N2O2/c1-17(2)19-13-11-18(12-14-19)16-31-27(30)23-10-6-9-22-25(23)20-7-4-5-8-21(20)26(22)24(15-28)29-3/h4-14H,1,16H2,2H3/b26-24-. The van der Waals surface area contributed by atoms with Crippen molar-refractivity contribution in [2.24, 2.45) is 0 Å². The third kappa shape index (κ3) is 3.52. The van der Waals surface area contributed by atoms with E-state index in [9.17, 15) is 10.1 Å². The number of hydrogen-bond acceptors (Lipinski definition) is 3. The molecule has 0 bridgehead atoms. The van der Waals surface area contributed by atoms with Crippen LogP contribution in [0.5, 0.6) is 0 Å². The molecule has 1 aliphatic rings. The average molecular weight is 402 g/mol. The number of rotatable bonds is 4. The fourth-order valence-corrected chi connectivity index (χ4v) is 3.79. The number of carbonyl (C=O) groups is 1. The summed E-state index contributed by atoms with van der Waals surface area (Å²) >= 11 is 0. The van der Waals surface area contributed by atoms with Gasteiger partial charge in [-0.3, -0.25) is 0 Å². The molecule has 31 heavy (non-hydrogen) atoms. The molecule has 4 rings (SSSR count). The van der Waals surface area contributed by atoms with E-state index in [0.29, 0.717) is 22.3 Å². The summed E-state index contributed by atoms with van der Waals surface area (Å²) in [4.78, 5) is 16.4. The second-order valence-electron chi connectivity index (χ2n) is 7.27. The van der Waals surface area contributed by atoms with Crippen LogP contribution in [-0.2, 0) is 11.3 Å². The van der Waals surface area contributed by atoms with Crippen LogP contribution in [0.25, 0.3) is 27.1 Å². The number of benzene rings is 3. The van der Waals surface area contributed by atoms with Crippen LogP contribution in [0.15, 0.2) is 79.0 Å². The molecule has 1 aliphatic carbocycles. The van der Waals surface area contributed by atoms with Crippen molar-refractivity contribution in [3.05, 3.63) is 118 Å². The third-order valence-corrected chi connectivity index (χ3v) is 5.29. The molecule has 3 aromatic carbocycles. The van der Waals surface area contributed by atoms with Gasteiger partial charge in [0.2, 0.25) is 0 Å². The average Bonchev–Trinajstić information content (AvgIpc) is 3.13. The van der Waals surface area contributed by atoms with Crippen LogP contribution in [0.3, 0.4) is 0 Å². The highest BCUT2D eigenvalue weighted by Crippen LogP contribution is 2.47. The first-order chi connectivity index (χ1) is 15.0. The Bertz CT molecular complexity index is 1320. The van der Waals surface area contributed by atoms with E-state index in [2.05, 4.69) is 11.4 Å². The van der Waals surface area contributed by atoms with Gasteiger partial charge < -0.3 is 4.74 Å². The Morgan fingerprint density at radius 3 is 2.35 bits per heavy atom. The fraction of sp³-hybridized carbons (Fsp3) is 0.0741. The molecule has 0 atom stereocenters. The summed E-state index contributed by atoms with van der Waals surface area (Å²) in [5.74, 6) is -0.446. The highest BCUT2D eigenvalue weighted by Gasteiger charge is 2.30. The predicted octanol–water partition coefficient (Wildman–Crippen LogP) is 6.26. The number of nitrogens with zero attached hydrogens (tertiary/aromatic N) is 2. The number of allylic oxidation sites excluding steroid dienone is 2. The quantitative estimate of drug-likeness (QED) is 0.230. The van der Waals surface area contributed by atoms with Crippen molar-refractivity contribution in [1.82, 2.24) is 0 Å². The van der Waals surface area contributed by atoms with E-state index >= 15 is 0 Å². The van der Waals surface area contributed by atoms with E-state index in [1.807, 2.05) is 67.6 Å². The predicted molar refractivity (Wildman–Crippen MR) is 120 cm³/mol. The van der Waals surface area contributed by atoms with Crippen LogP contribution in [0.2, 0.25) is 0 Å².